The molecule has 0 bridgehead atoms. The van der Waals surface area contributed by atoms with Gasteiger partial charge in [0.05, 0.1) is 7.11 Å². The second-order valence-corrected chi connectivity index (χ2v) is 10.3. The number of esters is 1. The van der Waals surface area contributed by atoms with Crippen molar-refractivity contribution in [3.63, 3.8) is 0 Å². The standard InChI is InChI=1S/C25H32ClN5O5S/c1-35-24(33)20-22(36-15-17-14-16(6-9-19(17)26)21(32)28-18-7-8-18)30-37-23(20)29-25(34)27-10-2-3-11-31-12-4-5-13-31/h6,9,14,18H,2-5,7-8,10-13,15H2,1H3,(H,28,32)(H2,27,29,34). The highest BCUT2D eigenvalue weighted by Gasteiger charge is 2.26. The van der Waals surface area contributed by atoms with Crippen LogP contribution >= 0.6 is 23.1 Å². The third-order valence-electron chi connectivity index (χ3n) is 6.25. The number of unbranched alkanes of at least 4 members (excludes halogenated alkanes) is 1. The smallest absolute Gasteiger partial charge is 0.346 e. The molecule has 1 saturated heterocycles. The van der Waals surface area contributed by atoms with E-state index >= 15 is 0 Å². The third kappa shape index (κ3) is 7.80. The number of carbonyl (C=O) groups excluding carboxylic acids is 3. The molecule has 2 aromatic rings. The zero-order chi connectivity index (χ0) is 26.2. The molecule has 4 rings (SSSR count). The molecular weight excluding hydrogens is 518 g/mol. The van der Waals surface area contributed by atoms with E-state index in [-0.39, 0.29) is 35.0 Å². The van der Waals surface area contributed by atoms with E-state index in [0.717, 1.165) is 56.9 Å². The first-order valence-electron chi connectivity index (χ1n) is 12.5. The van der Waals surface area contributed by atoms with Crippen molar-refractivity contribution in [2.75, 3.05) is 38.6 Å². The Morgan fingerprint density at radius 1 is 1.19 bits per heavy atom. The minimum atomic E-state index is -0.687. The highest BCUT2D eigenvalue weighted by molar-refractivity contribution is 7.11. The van der Waals surface area contributed by atoms with Crippen LogP contribution in [0.15, 0.2) is 18.2 Å². The summed E-state index contributed by atoms with van der Waals surface area (Å²) in [5.41, 5.74) is 1.06. The summed E-state index contributed by atoms with van der Waals surface area (Å²) in [6, 6.07) is 4.74. The molecule has 0 radical (unpaired) electrons. The van der Waals surface area contributed by atoms with Gasteiger partial charge in [-0.3, -0.25) is 10.1 Å². The van der Waals surface area contributed by atoms with Gasteiger partial charge in [-0.1, -0.05) is 11.6 Å². The number of rotatable bonds is 12. The number of benzene rings is 1. The average Bonchev–Trinajstić information content (AvgIpc) is 3.38. The average molecular weight is 550 g/mol. The van der Waals surface area contributed by atoms with Gasteiger partial charge in [-0.25, -0.2) is 9.59 Å². The zero-order valence-electron chi connectivity index (χ0n) is 20.8. The molecule has 10 nitrogen and oxygen atoms in total. The minimum Gasteiger partial charge on any atom is -0.471 e. The van der Waals surface area contributed by atoms with Crippen molar-refractivity contribution in [1.29, 1.82) is 0 Å². The number of carbonyl (C=O) groups is 3. The van der Waals surface area contributed by atoms with Crippen molar-refractivity contribution < 1.29 is 23.9 Å². The van der Waals surface area contributed by atoms with Gasteiger partial charge in [0.2, 0.25) is 5.88 Å². The maximum absolute atomic E-state index is 12.5. The van der Waals surface area contributed by atoms with Crippen LogP contribution in [-0.4, -0.2) is 66.5 Å². The molecule has 37 heavy (non-hydrogen) atoms. The first-order chi connectivity index (χ1) is 17.9. The number of likely N-dealkylation sites (tertiary alicyclic amines) is 1. The van der Waals surface area contributed by atoms with Crippen molar-refractivity contribution in [1.82, 2.24) is 19.9 Å². The van der Waals surface area contributed by atoms with E-state index in [0.29, 0.717) is 22.7 Å². The molecule has 1 aliphatic heterocycles. The van der Waals surface area contributed by atoms with Gasteiger partial charge in [-0.15, -0.1) is 0 Å². The lowest BCUT2D eigenvalue weighted by Gasteiger charge is -2.14. The van der Waals surface area contributed by atoms with Gasteiger partial charge in [-0.05, 0) is 87.9 Å². The summed E-state index contributed by atoms with van der Waals surface area (Å²) in [6.45, 7) is 3.86. The molecule has 1 aromatic carbocycles. The van der Waals surface area contributed by atoms with Crippen LogP contribution in [0.5, 0.6) is 5.88 Å². The van der Waals surface area contributed by atoms with Gasteiger partial charge < -0.3 is 25.0 Å². The van der Waals surface area contributed by atoms with Crippen molar-refractivity contribution in [3.05, 3.63) is 39.9 Å². The van der Waals surface area contributed by atoms with Crippen LogP contribution in [0.25, 0.3) is 0 Å². The monoisotopic (exact) mass is 549 g/mol. The maximum atomic E-state index is 12.5. The number of amides is 3. The molecule has 0 unspecified atom stereocenters. The number of nitrogens with zero attached hydrogens (tertiary/aromatic N) is 2. The molecular formula is C25H32ClN5O5S. The SMILES string of the molecule is COC(=O)c1c(OCc2cc(C(=O)NC3CC3)ccc2Cl)nsc1NC(=O)NCCCCN1CCCC1. The van der Waals surface area contributed by atoms with E-state index in [1.165, 1.54) is 20.0 Å². The van der Waals surface area contributed by atoms with Crippen LogP contribution in [0, 0.1) is 0 Å². The van der Waals surface area contributed by atoms with Gasteiger partial charge in [0.25, 0.3) is 5.91 Å². The molecule has 2 heterocycles. The normalized spacial score (nSPS) is 15.3. The van der Waals surface area contributed by atoms with Crippen LogP contribution in [0.2, 0.25) is 5.02 Å². The topological polar surface area (TPSA) is 122 Å². The number of hydrogen-bond donors (Lipinski definition) is 3. The number of methoxy groups -OCH3 is 1. The number of ether oxygens (including phenoxy) is 2. The van der Waals surface area contributed by atoms with Gasteiger partial charge in [0.1, 0.15) is 11.6 Å². The lowest BCUT2D eigenvalue weighted by atomic mass is 10.1. The Labute approximate surface area is 225 Å². The van der Waals surface area contributed by atoms with Crippen LogP contribution in [0.3, 0.4) is 0 Å². The molecule has 2 fully saturated rings. The number of urea groups is 1. The number of aromatic nitrogens is 1. The second-order valence-electron chi connectivity index (χ2n) is 9.16. The number of halogens is 1. The van der Waals surface area contributed by atoms with Gasteiger partial charge in [-0.2, -0.15) is 4.37 Å². The molecule has 0 spiro atoms. The summed E-state index contributed by atoms with van der Waals surface area (Å²) in [6.07, 6.45) is 6.38. The van der Waals surface area contributed by atoms with Crippen molar-refractivity contribution >= 4 is 46.0 Å². The summed E-state index contributed by atoms with van der Waals surface area (Å²) < 4.78 is 14.9. The summed E-state index contributed by atoms with van der Waals surface area (Å²) in [4.78, 5) is 39.7. The van der Waals surface area contributed by atoms with Crippen LogP contribution in [0.1, 0.15) is 64.8 Å². The fraction of sp³-hybridized carbons (Fsp3) is 0.520. The maximum Gasteiger partial charge on any atom is 0.346 e. The van der Waals surface area contributed by atoms with Crippen molar-refractivity contribution in [2.24, 2.45) is 0 Å². The number of nitrogens with one attached hydrogen (secondary N) is 3. The van der Waals surface area contributed by atoms with Crippen molar-refractivity contribution in [3.8, 4) is 5.88 Å². The molecule has 12 heteroatoms. The first-order valence-corrected chi connectivity index (χ1v) is 13.7. The lowest BCUT2D eigenvalue weighted by molar-refractivity contribution is 0.0596. The van der Waals surface area contributed by atoms with E-state index in [1.807, 2.05) is 0 Å². The largest absolute Gasteiger partial charge is 0.471 e. The molecule has 0 atom stereocenters. The molecule has 1 saturated carbocycles. The Bertz CT molecular complexity index is 1120. The first kappa shape index (κ1) is 27.2. The fourth-order valence-corrected chi connectivity index (χ4v) is 4.92. The summed E-state index contributed by atoms with van der Waals surface area (Å²) in [5.74, 6) is -0.840. The second kappa shape index (κ2) is 13.1. The number of hydrogen-bond acceptors (Lipinski definition) is 8. The molecule has 1 aliphatic carbocycles. The molecule has 3 amide bonds. The Balaban J connectivity index is 1.32. The van der Waals surface area contributed by atoms with E-state index < -0.39 is 12.0 Å². The summed E-state index contributed by atoms with van der Waals surface area (Å²) in [5, 5.41) is 9.06. The summed E-state index contributed by atoms with van der Waals surface area (Å²) >= 11 is 7.23. The quantitative estimate of drug-likeness (QED) is 0.270. The Kier molecular flexibility index (Phi) is 9.59. The molecule has 3 N–H and O–H groups in total. The molecule has 200 valence electrons. The van der Waals surface area contributed by atoms with Crippen LogP contribution in [-0.2, 0) is 11.3 Å². The van der Waals surface area contributed by atoms with E-state index in [4.69, 9.17) is 21.1 Å². The van der Waals surface area contributed by atoms with Gasteiger partial charge in [0.15, 0.2) is 5.56 Å². The van der Waals surface area contributed by atoms with Crippen LogP contribution < -0.4 is 20.7 Å². The zero-order valence-corrected chi connectivity index (χ0v) is 22.4. The van der Waals surface area contributed by atoms with Crippen molar-refractivity contribution in [2.45, 2.75) is 51.2 Å². The fourth-order valence-electron chi connectivity index (χ4n) is 4.03. The highest BCUT2D eigenvalue weighted by Crippen LogP contribution is 2.32. The predicted octanol–water partition coefficient (Wildman–Crippen LogP) is 4.05. The van der Waals surface area contributed by atoms with Crippen LogP contribution in [0.4, 0.5) is 9.80 Å². The van der Waals surface area contributed by atoms with E-state index in [9.17, 15) is 14.4 Å². The molecule has 1 aromatic heterocycles. The predicted molar refractivity (Wildman–Crippen MR) is 142 cm³/mol. The van der Waals surface area contributed by atoms with E-state index in [2.05, 4.69) is 25.2 Å². The van der Waals surface area contributed by atoms with E-state index in [1.54, 1.807) is 18.2 Å². The number of anilines is 1. The molecule has 2 aliphatic rings. The Morgan fingerprint density at radius 2 is 1.97 bits per heavy atom. The Morgan fingerprint density at radius 3 is 2.70 bits per heavy atom. The lowest BCUT2D eigenvalue weighted by Crippen LogP contribution is -2.30. The summed E-state index contributed by atoms with van der Waals surface area (Å²) in [7, 11) is 1.24. The van der Waals surface area contributed by atoms with Gasteiger partial charge >= 0.3 is 12.0 Å². The minimum absolute atomic E-state index is 0.0154. The third-order valence-corrected chi connectivity index (χ3v) is 7.36. The highest BCUT2D eigenvalue weighted by atomic mass is 35.5. The Hall–Kier alpha value is -2.89. The van der Waals surface area contributed by atoms with Gasteiger partial charge in [0, 0.05) is 28.7 Å².